The lowest BCUT2D eigenvalue weighted by Gasteiger charge is -2.35. The van der Waals surface area contributed by atoms with Crippen LogP contribution in [-0.2, 0) is 18.7 Å². The van der Waals surface area contributed by atoms with Crippen molar-refractivity contribution < 1.29 is 5.11 Å². The second-order valence-corrected chi connectivity index (χ2v) is 6.82. The van der Waals surface area contributed by atoms with E-state index in [9.17, 15) is 5.11 Å². The van der Waals surface area contributed by atoms with E-state index in [1.54, 1.807) is 40.2 Å². The van der Waals surface area contributed by atoms with Crippen molar-refractivity contribution in [2.45, 2.75) is 31.7 Å². The fourth-order valence-corrected chi connectivity index (χ4v) is 3.34. The molecule has 10 heteroatoms. The number of nitrogens with zero attached hydrogens (tertiary/aromatic N) is 6. The van der Waals surface area contributed by atoms with Crippen molar-refractivity contribution in [3.8, 4) is 0 Å². The molecule has 2 atom stereocenters. The van der Waals surface area contributed by atoms with Crippen molar-refractivity contribution in [3.63, 3.8) is 0 Å². The first-order valence-corrected chi connectivity index (χ1v) is 8.81. The van der Waals surface area contributed by atoms with Gasteiger partial charge in [-0.1, -0.05) is 29.3 Å². The van der Waals surface area contributed by atoms with Crippen molar-refractivity contribution in [1.29, 1.82) is 0 Å². The number of benzene rings is 1. The van der Waals surface area contributed by atoms with Crippen LogP contribution in [0.3, 0.4) is 0 Å². The third-order valence-electron chi connectivity index (χ3n) is 4.24. The Morgan fingerprint density at radius 3 is 2.46 bits per heavy atom. The van der Waals surface area contributed by atoms with Gasteiger partial charge in [-0.15, -0.1) is 0 Å². The van der Waals surface area contributed by atoms with Crippen LogP contribution in [0.2, 0.25) is 10.0 Å². The van der Waals surface area contributed by atoms with Crippen molar-refractivity contribution in [1.82, 2.24) is 34.8 Å². The fraction of sp³-hybridized carbons (Fsp3) is 0.375. The highest BCUT2D eigenvalue weighted by molar-refractivity contribution is 6.35. The van der Waals surface area contributed by atoms with Crippen LogP contribution in [0.1, 0.15) is 12.5 Å². The number of aromatic nitrogens is 6. The quantitative estimate of drug-likeness (QED) is 0.603. The summed E-state index contributed by atoms with van der Waals surface area (Å²) in [7, 11) is 0. The number of rotatable bonds is 8. The second-order valence-electron chi connectivity index (χ2n) is 5.98. The molecular weight excluding hydrogens is 377 g/mol. The minimum Gasteiger partial charge on any atom is -0.382 e. The number of nitrogens with one attached hydrogen (secondary N) is 1. The minimum absolute atomic E-state index is 0.186. The third kappa shape index (κ3) is 4.21. The zero-order valence-corrected chi connectivity index (χ0v) is 15.6. The first-order valence-electron chi connectivity index (χ1n) is 8.05. The Bertz CT molecular complexity index is 825. The van der Waals surface area contributed by atoms with E-state index >= 15 is 0 Å². The highest BCUT2D eigenvalue weighted by Crippen LogP contribution is 2.34. The van der Waals surface area contributed by atoms with E-state index < -0.39 is 5.60 Å². The molecule has 3 aromatic rings. The van der Waals surface area contributed by atoms with Gasteiger partial charge >= 0.3 is 0 Å². The first kappa shape index (κ1) is 18.8. The normalized spacial score (nSPS) is 14.9. The Morgan fingerprint density at radius 2 is 1.85 bits per heavy atom. The molecule has 3 rings (SSSR count). The molecule has 2 aromatic heterocycles. The second kappa shape index (κ2) is 8.13. The predicted molar refractivity (Wildman–Crippen MR) is 97.9 cm³/mol. The van der Waals surface area contributed by atoms with Crippen molar-refractivity contribution >= 4 is 23.2 Å². The fourth-order valence-electron chi connectivity index (χ4n) is 2.77. The summed E-state index contributed by atoms with van der Waals surface area (Å²) in [4.78, 5) is 7.85. The van der Waals surface area contributed by atoms with E-state index in [2.05, 4.69) is 25.5 Å². The molecule has 2 N–H and O–H groups in total. The molecule has 0 unspecified atom stereocenters. The van der Waals surface area contributed by atoms with Crippen LogP contribution in [0.4, 0.5) is 0 Å². The third-order valence-corrected chi connectivity index (χ3v) is 4.79. The van der Waals surface area contributed by atoms with E-state index in [0.717, 1.165) is 0 Å². The van der Waals surface area contributed by atoms with Crippen LogP contribution in [0.25, 0.3) is 0 Å². The van der Waals surface area contributed by atoms with Crippen LogP contribution in [0.5, 0.6) is 0 Å². The number of hydrogen-bond acceptors (Lipinski definition) is 6. The van der Waals surface area contributed by atoms with Crippen LogP contribution < -0.4 is 5.32 Å². The molecule has 0 saturated carbocycles. The number of hydrogen-bond donors (Lipinski definition) is 2. The standard InChI is InChI=1S/C16H19Cl2N7O/c1-12(21-4-5-24-10-19-8-22-24)16(26,7-25-11-20-9-23-25)14-3-2-13(17)6-15(14)18/h2-3,6,8-12,21,26H,4-5,7H2,1H3/t12-,16-/m1/s1. The first-order chi connectivity index (χ1) is 12.5. The molecule has 0 radical (unpaired) electrons. The zero-order chi connectivity index (χ0) is 18.6. The lowest BCUT2D eigenvalue weighted by atomic mass is 9.86. The van der Waals surface area contributed by atoms with E-state index in [-0.39, 0.29) is 12.6 Å². The summed E-state index contributed by atoms with van der Waals surface area (Å²) in [6.45, 7) is 3.29. The van der Waals surface area contributed by atoms with Gasteiger partial charge < -0.3 is 10.4 Å². The largest absolute Gasteiger partial charge is 0.382 e. The van der Waals surface area contributed by atoms with Gasteiger partial charge in [-0.25, -0.2) is 14.6 Å². The van der Waals surface area contributed by atoms with Crippen LogP contribution in [-0.4, -0.2) is 47.2 Å². The summed E-state index contributed by atoms with van der Waals surface area (Å²) in [5.74, 6) is 0. The smallest absolute Gasteiger partial charge is 0.137 e. The Kier molecular flexibility index (Phi) is 5.87. The summed E-state index contributed by atoms with van der Waals surface area (Å²) in [5, 5.41) is 23.9. The molecule has 1 aromatic carbocycles. The highest BCUT2D eigenvalue weighted by Gasteiger charge is 2.38. The summed E-state index contributed by atoms with van der Waals surface area (Å²) >= 11 is 12.4. The van der Waals surface area contributed by atoms with Gasteiger partial charge in [0.25, 0.3) is 0 Å². The van der Waals surface area contributed by atoms with Gasteiger partial charge in [0, 0.05) is 28.2 Å². The Hall–Kier alpha value is -2.00. The van der Waals surface area contributed by atoms with Crippen LogP contribution in [0.15, 0.2) is 43.5 Å². The van der Waals surface area contributed by atoms with E-state index in [0.29, 0.717) is 28.7 Å². The van der Waals surface area contributed by atoms with Gasteiger partial charge in [0.1, 0.15) is 30.9 Å². The lowest BCUT2D eigenvalue weighted by molar-refractivity contribution is -0.0171. The maximum Gasteiger partial charge on any atom is 0.137 e. The van der Waals surface area contributed by atoms with E-state index in [1.165, 1.54) is 12.7 Å². The topological polar surface area (TPSA) is 93.7 Å². The molecule has 0 amide bonds. The molecule has 26 heavy (non-hydrogen) atoms. The molecule has 0 saturated heterocycles. The molecule has 8 nitrogen and oxygen atoms in total. The van der Waals surface area contributed by atoms with Gasteiger partial charge in [-0.05, 0) is 19.1 Å². The van der Waals surface area contributed by atoms with Crippen molar-refractivity contribution in [2.24, 2.45) is 0 Å². The molecule has 0 bridgehead atoms. The molecule has 0 spiro atoms. The van der Waals surface area contributed by atoms with Crippen molar-refractivity contribution in [2.75, 3.05) is 6.54 Å². The summed E-state index contributed by atoms with van der Waals surface area (Å²) < 4.78 is 3.28. The predicted octanol–water partition coefficient (Wildman–Crippen LogP) is 1.74. The molecule has 0 aliphatic carbocycles. The lowest BCUT2D eigenvalue weighted by Crippen LogP contribution is -2.50. The SMILES string of the molecule is C[C@@H](NCCn1cncn1)[C@](O)(Cn1cncn1)c1ccc(Cl)cc1Cl. The molecule has 138 valence electrons. The Balaban J connectivity index is 1.81. The Labute approximate surface area is 160 Å². The minimum atomic E-state index is -1.32. The van der Waals surface area contributed by atoms with Gasteiger partial charge in [-0.2, -0.15) is 10.2 Å². The summed E-state index contributed by atoms with van der Waals surface area (Å²) in [5.41, 5.74) is -0.752. The maximum absolute atomic E-state index is 11.5. The van der Waals surface area contributed by atoms with Crippen LogP contribution >= 0.6 is 23.2 Å². The van der Waals surface area contributed by atoms with Gasteiger partial charge in [0.15, 0.2) is 0 Å². The van der Waals surface area contributed by atoms with Crippen molar-refractivity contribution in [3.05, 3.63) is 59.1 Å². The average molecular weight is 396 g/mol. The van der Waals surface area contributed by atoms with E-state index in [1.807, 2.05) is 6.92 Å². The summed E-state index contributed by atoms with van der Waals surface area (Å²) in [6.07, 6.45) is 6.10. The monoisotopic (exact) mass is 395 g/mol. The number of aliphatic hydroxyl groups is 1. The molecule has 0 fully saturated rings. The van der Waals surface area contributed by atoms with Gasteiger partial charge in [-0.3, -0.25) is 4.68 Å². The van der Waals surface area contributed by atoms with E-state index in [4.69, 9.17) is 23.2 Å². The molecular formula is C16H19Cl2N7O. The average Bonchev–Trinajstić information content (AvgIpc) is 3.28. The van der Waals surface area contributed by atoms with Gasteiger partial charge in [0.05, 0.1) is 13.1 Å². The number of halogens is 2. The zero-order valence-electron chi connectivity index (χ0n) is 14.1. The molecule has 0 aliphatic rings. The molecule has 0 aliphatic heterocycles. The molecule has 2 heterocycles. The van der Waals surface area contributed by atoms with Crippen LogP contribution in [0, 0.1) is 0 Å². The highest BCUT2D eigenvalue weighted by atomic mass is 35.5. The maximum atomic E-state index is 11.5. The Morgan fingerprint density at radius 1 is 1.15 bits per heavy atom. The summed E-state index contributed by atoms with van der Waals surface area (Å²) in [6, 6.07) is 4.72. The van der Waals surface area contributed by atoms with Gasteiger partial charge in [0.2, 0.25) is 0 Å².